The Hall–Kier alpha value is -0.120. The fourth-order valence-electron chi connectivity index (χ4n) is 2.36. The van der Waals surface area contributed by atoms with Crippen molar-refractivity contribution >= 4 is 0 Å². The minimum atomic E-state index is -0.415. The van der Waals surface area contributed by atoms with Crippen LogP contribution in [0.1, 0.15) is 51.9 Å². The molecule has 1 aliphatic carbocycles. The molecule has 0 amide bonds. The predicted octanol–water partition coefficient (Wildman–Crippen LogP) is 2.08. The van der Waals surface area contributed by atoms with Crippen LogP contribution in [0.25, 0.3) is 0 Å². The highest BCUT2D eigenvalue weighted by Gasteiger charge is 2.22. The highest BCUT2D eigenvalue weighted by molar-refractivity contribution is 4.77. The third kappa shape index (κ3) is 3.56. The van der Waals surface area contributed by atoms with Gasteiger partial charge >= 0.3 is 0 Å². The maximum absolute atomic E-state index is 9.63. The first-order valence-corrected chi connectivity index (χ1v) is 5.85. The molecular formula is C11H23NO2. The van der Waals surface area contributed by atoms with Crippen LogP contribution < -0.4 is 5.48 Å². The average Bonchev–Trinajstić information content (AvgIpc) is 2.26. The molecule has 0 aromatic heterocycles. The van der Waals surface area contributed by atoms with Gasteiger partial charge in [-0.25, -0.2) is 0 Å². The van der Waals surface area contributed by atoms with Gasteiger partial charge in [0.25, 0.3) is 0 Å². The molecule has 3 N–H and O–H groups in total. The molecule has 1 saturated carbocycles. The summed E-state index contributed by atoms with van der Waals surface area (Å²) in [6.45, 7) is 1.94. The fraction of sp³-hybridized carbons (Fsp3) is 1.00. The zero-order chi connectivity index (χ0) is 10.4. The largest absolute Gasteiger partial charge is 0.391 e. The number of aliphatic hydroxyl groups excluding tert-OH is 1. The summed E-state index contributed by atoms with van der Waals surface area (Å²) < 4.78 is 0. The minimum Gasteiger partial charge on any atom is -0.391 e. The van der Waals surface area contributed by atoms with Gasteiger partial charge in [0.15, 0.2) is 0 Å². The van der Waals surface area contributed by atoms with Gasteiger partial charge in [-0.1, -0.05) is 39.0 Å². The molecule has 0 spiro atoms. The standard InChI is InChI=1S/C11H23NO2/c1-2-11(13)10(12-14)8-9-6-4-3-5-7-9/h9-14H,2-8H2,1H3/t10-,11?/m0/s1. The Kier molecular flexibility index (Phi) is 5.45. The second-order valence-corrected chi connectivity index (χ2v) is 4.45. The summed E-state index contributed by atoms with van der Waals surface area (Å²) in [6, 6.07) is -0.136. The molecule has 0 aromatic carbocycles. The summed E-state index contributed by atoms with van der Waals surface area (Å²) in [5.41, 5.74) is 2.25. The van der Waals surface area contributed by atoms with E-state index >= 15 is 0 Å². The van der Waals surface area contributed by atoms with Crippen molar-refractivity contribution in [2.24, 2.45) is 5.92 Å². The number of hydroxylamine groups is 1. The molecule has 0 saturated heterocycles. The molecule has 0 aliphatic heterocycles. The van der Waals surface area contributed by atoms with Gasteiger partial charge < -0.3 is 10.3 Å². The van der Waals surface area contributed by atoms with E-state index in [1.165, 1.54) is 32.1 Å². The summed E-state index contributed by atoms with van der Waals surface area (Å²) in [5.74, 6) is 0.689. The Labute approximate surface area is 86.5 Å². The lowest BCUT2D eigenvalue weighted by molar-refractivity contribution is 0.0240. The van der Waals surface area contributed by atoms with Crippen molar-refractivity contribution in [3.05, 3.63) is 0 Å². The van der Waals surface area contributed by atoms with Gasteiger partial charge in [0, 0.05) is 0 Å². The summed E-state index contributed by atoms with van der Waals surface area (Å²) in [4.78, 5) is 0. The molecule has 1 aliphatic rings. The summed E-state index contributed by atoms with van der Waals surface area (Å²) in [5, 5.41) is 18.6. The van der Waals surface area contributed by atoms with E-state index in [9.17, 15) is 5.11 Å². The van der Waals surface area contributed by atoms with Crippen molar-refractivity contribution in [2.75, 3.05) is 0 Å². The first-order chi connectivity index (χ1) is 6.77. The van der Waals surface area contributed by atoms with Crippen LogP contribution in [0, 0.1) is 5.92 Å². The van der Waals surface area contributed by atoms with Crippen LogP contribution in [0.5, 0.6) is 0 Å². The number of hydrogen-bond donors (Lipinski definition) is 3. The van der Waals surface area contributed by atoms with Crippen molar-refractivity contribution in [2.45, 2.75) is 64.0 Å². The molecule has 14 heavy (non-hydrogen) atoms. The monoisotopic (exact) mass is 201 g/mol. The van der Waals surface area contributed by atoms with Gasteiger partial charge in [-0.2, -0.15) is 5.48 Å². The lowest BCUT2D eigenvalue weighted by Gasteiger charge is -2.28. The quantitative estimate of drug-likeness (QED) is 0.597. The second kappa shape index (κ2) is 6.38. The van der Waals surface area contributed by atoms with E-state index in [0.29, 0.717) is 12.3 Å². The zero-order valence-corrected chi connectivity index (χ0v) is 9.08. The SMILES string of the molecule is CCC(O)[C@H](CC1CCCCC1)NO. The Morgan fingerprint density at radius 2 is 1.93 bits per heavy atom. The van der Waals surface area contributed by atoms with Crippen LogP contribution in [-0.4, -0.2) is 22.5 Å². The van der Waals surface area contributed by atoms with Crippen molar-refractivity contribution in [3.63, 3.8) is 0 Å². The number of aliphatic hydroxyl groups is 1. The number of hydrogen-bond acceptors (Lipinski definition) is 3. The van der Waals surface area contributed by atoms with Crippen LogP contribution in [0.15, 0.2) is 0 Å². The Morgan fingerprint density at radius 3 is 2.43 bits per heavy atom. The molecule has 84 valence electrons. The first-order valence-electron chi connectivity index (χ1n) is 5.85. The molecule has 0 bridgehead atoms. The van der Waals surface area contributed by atoms with E-state index in [1.54, 1.807) is 0 Å². The number of rotatable bonds is 5. The Bertz CT molecular complexity index is 146. The van der Waals surface area contributed by atoms with E-state index < -0.39 is 6.10 Å². The van der Waals surface area contributed by atoms with Crippen LogP contribution in [0.4, 0.5) is 0 Å². The van der Waals surface area contributed by atoms with E-state index in [4.69, 9.17) is 5.21 Å². The third-order valence-corrected chi connectivity index (χ3v) is 3.36. The van der Waals surface area contributed by atoms with Crippen molar-refractivity contribution < 1.29 is 10.3 Å². The van der Waals surface area contributed by atoms with Gasteiger partial charge in [-0.05, 0) is 18.8 Å². The average molecular weight is 201 g/mol. The van der Waals surface area contributed by atoms with Crippen molar-refractivity contribution in [1.29, 1.82) is 0 Å². The molecule has 1 fully saturated rings. The molecule has 1 unspecified atom stereocenters. The maximum atomic E-state index is 9.63. The van der Waals surface area contributed by atoms with Gasteiger partial charge in [-0.15, -0.1) is 0 Å². The van der Waals surface area contributed by atoms with E-state index in [1.807, 2.05) is 6.92 Å². The molecule has 0 radical (unpaired) electrons. The number of nitrogens with one attached hydrogen (secondary N) is 1. The van der Waals surface area contributed by atoms with Gasteiger partial charge in [0.2, 0.25) is 0 Å². The van der Waals surface area contributed by atoms with Gasteiger partial charge in [-0.3, -0.25) is 0 Å². The van der Waals surface area contributed by atoms with Crippen LogP contribution in [-0.2, 0) is 0 Å². The summed E-state index contributed by atoms with van der Waals surface area (Å²) in [7, 11) is 0. The van der Waals surface area contributed by atoms with E-state index in [-0.39, 0.29) is 6.04 Å². The molecule has 1 rings (SSSR count). The molecular weight excluding hydrogens is 178 g/mol. The molecule has 3 heteroatoms. The summed E-state index contributed by atoms with van der Waals surface area (Å²) in [6.07, 6.45) is 7.68. The highest BCUT2D eigenvalue weighted by atomic mass is 16.5. The predicted molar refractivity (Wildman–Crippen MR) is 56.2 cm³/mol. The smallest absolute Gasteiger partial charge is 0.0713 e. The Morgan fingerprint density at radius 1 is 1.29 bits per heavy atom. The lowest BCUT2D eigenvalue weighted by Crippen LogP contribution is -2.39. The highest BCUT2D eigenvalue weighted by Crippen LogP contribution is 2.28. The topological polar surface area (TPSA) is 52.5 Å². The Balaban J connectivity index is 2.30. The van der Waals surface area contributed by atoms with E-state index in [0.717, 1.165) is 6.42 Å². The zero-order valence-electron chi connectivity index (χ0n) is 9.08. The fourth-order valence-corrected chi connectivity index (χ4v) is 2.36. The molecule has 0 heterocycles. The van der Waals surface area contributed by atoms with Crippen LogP contribution in [0.2, 0.25) is 0 Å². The normalized spacial score (nSPS) is 23.4. The van der Waals surface area contributed by atoms with Crippen molar-refractivity contribution in [3.8, 4) is 0 Å². The van der Waals surface area contributed by atoms with E-state index in [2.05, 4.69) is 5.48 Å². The van der Waals surface area contributed by atoms with Gasteiger partial charge in [0.1, 0.15) is 0 Å². The van der Waals surface area contributed by atoms with Gasteiger partial charge in [0.05, 0.1) is 12.1 Å². The lowest BCUT2D eigenvalue weighted by atomic mass is 9.83. The maximum Gasteiger partial charge on any atom is 0.0713 e. The molecule has 3 nitrogen and oxygen atoms in total. The molecule has 0 aromatic rings. The second-order valence-electron chi connectivity index (χ2n) is 4.45. The first kappa shape index (κ1) is 12.0. The summed E-state index contributed by atoms with van der Waals surface area (Å²) >= 11 is 0. The third-order valence-electron chi connectivity index (χ3n) is 3.36. The van der Waals surface area contributed by atoms with Crippen LogP contribution >= 0.6 is 0 Å². The minimum absolute atomic E-state index is 0.136. The molecule has 2 atom stereocenters. The van der Waals surface area contributed by atoms with Crippen molar-refractivity contribution in [1.82, 2.24) is 5.48 Å². The van der Waals surface area contributed by atoms with Crippen LogP contribution in [0.3, 0.4) is 0 Å².